The molecule has 19 heavy (non-hydrogen) atoms. The summed E-state index contributed by atoms with van der Waals surface area (Å²) in [5, 5.41) is 0. The predicted molar refractivity (Wildman–Crippen MR) is 82.2 cm³/mol. The molecular weight excluding hydrogens is 302 g/mol. The minimum absolute atomic E-state index is 0.730. The molecular formula is C15H16BrN3. The third-order valence-electron chi connectivity index (χ3n) is 3.57. The second-order valence-corrected chi connectivity index (χ2v) is 5.71. The van der Waals surface area contributed by atoms with Gasteiger partial charge in [0.05, 0.1) is 22.0 Å². The van der Waals surface area contributed by atoms with Crippen molar-refractivity contribution in [2.75, 3.05) is 17.2 Å². The first-order valence-electron chi connectivity index (χ1n) is 6.46. The van der Waals surface area contributed by atoms with Gasteiger partial charge in [-0.3, -0.25) is 4.98 Å². The van der Waals surface area contributed by atoms with Crippen molar-refractivity contribution in [3.63, 3.8) is 0 Å². The Bertz CT molecular complexity index is 577. The third-order valence-corrected chi connectivity index (χ3v) is 4.15. The number of hydrogen-bond acceptors (Lipinski definition) is 3. The summed E-state index contributed by atoms with van der Waals surface area (Å²) in [5.41, 5.74) is 10.7. The fraction of sp³-hybridized carbons (Fsp3) is 0.267. The monoisotopic (exact) mass is 317 g/mol. The van der Waals surface area contributed by atoms with Gasteiger partial charge >= 0.3 is 0 Å². The second-order valence-electron chi connectivity index (χ2n) is 4.85. The maximum Gasteiger partial charge on any atom is 0.0779 e. The summed E-state index contributed by atoms with van der Waals surface area (Å²) in [5.74, 6) is 0. The van der Waals surface area contributed by atoms with E-state index >= 15 is 0 Å². The van der Waals surface area contributed by atoms with E-state index in [2.05, 4.69) is 50.1 Å². The lowest BCUT2D eigenvalue weighted by Crippen LogP contribution is -2.24. The van der Waals surface area contributed by atoms with E-state index in [1.54, 1.807) is 6.20 Å². The van der Waals surface area contributed by atoms with E-state index < -0.39 is 0 Å². The molecule has 0 spiro atoms. The number of nitrogens with two attached hydrogens (primary N) is 1. The van der Waals surface area contributed by atoms with E-state index in [1.165, 1.54) is 11.1 Å². The molecule has 3 rings (SSSR count). The van der Waals surface area contributed by atoms with Crippen LogP contribution in [0.4, 0.5) is 11.4 Å². The lowest BCUT2D eigenvalue weighted by atomic mass is 10.0. The van der Waals surface area contributed by atoms with Gasteiger partial charge in [0.1, 0.15) is 0 Å². The summed E-state index contributed by atoms with van der Waals surface area (Å²) < 4.78 is 0.965. The SMILES string of the molecule is Nc1cncc(Br)c1N1CCCc2ccccc2C1. The molecule has 2 heterocycles. The van der Waals surface area contributed by atoms with Crippen LogP contribution < -0.4 is 10.6 Å². The zero-order valence-electron chi connectivity index (χ0n) is 10.6. The molecule has 1 aliphatic heterocycles. The Labute approximate surface area is 121 Å². The molecule has 0 radical (unpaired) electrons. The average molecular weight is 318 g/mol. The highest BCUT2D eigenvalue weighted by molar-refractivity contribution is 9.10. The van der Waals surface area contributed by atoms with Crippen molar-refractivity contribution in [1.82, 2.24) is 4.98 Å². The lowest BCUT2D eigenvalue weighted by molar-refractivity contribution is 0.765. The first kappa shape index (κ1) is 12.5. The van der Waals surface area contributed by atoms with Crippen molar-refractivity contribution in [2.24, 2.45) is 0 Å². The topological polar surface area (TPSA) is 42.1 Å². The molecule has 0 fully saturated rings. The minimum atomic E-state index is 0.730. The van der Waals surface area contributed by atoms with Crippen molar-refractivity contribution >= 4 is 27.3 Å². The smallest absolute Gasteiger partial charge is 0.0779 e. The molecule has 1 aliphatic rings. The molecule has 2 aromatic rings. The fourth-order valence-corrected chi connectivity index (χ4v) is 3.27. The Morgan fingerprint density at radius 2 is 1.95 bits per heavy atom. The Hall–Kier alpha value is -1.55. The van der Waals surface area contributed by atoms with Gasteiger partial charge in [-0.25, -0.2) is 0 Å². The predicted octanol–water partition coefficient (Wildman–Crippen LogP) is 3.38. The van der Waals surface area contributed by atoms with Crippen molar-refractivity contribution in [1.29, 1.82) is 0 Å². The number of rotatable bonds is 1. The standard InChI is InChI=1S/C15H16BrN3/c16-13-8-18-9-14(17)15(13)19-7-3-6-11-4-1-2-5-12(11)10-19/h1-2,4-5,8-9H,3,6-7,10,17H2. The summed E-state index contributed by atoms with van der Waals surface area (Å²) in [6.07, 6.45) is 5.81. The van der Waals surface area contributed by atoms with Crippen LogP contribution in [0.3, 0.4) is 0 Å². The van der Waals surface area contributed by atoms with E-state index in [1.807, 2.05) is 6.20 Å². The van der Waals surface area contributed by atoms with Crippen molar-refractivity contribution in [2.45, 2.75) is 19.4 Å². The number of anilines is 2. The third kappa shape index (κ3) is 2.45. The molecule has 0 atom stereocenters. The average Bonchev–Trinajstić information content (AvgIpc) is 2.60. The first-order chi connectivity index (χ1) is 9.25. The van der Waals surface area contributed by atoms with Crippen LogP contribution in [0, 0.1) is 0 Å². The maximum absolute atomic E-state index is 6.09. The summed E-state index contributed by atoms with van der Waals surface area (Å²) in [7, 11) is 0. The number of benzene rings is 1. The zero-order chi connectivity index (χ0) is 13.2. The lowest BCUT2D eigenvalue weighted by Gasteiger charge is -2.25. The van der Waals surface area contributed by atoms with E-state index in [4.69, 9.17) is 5.73 Å². The Morgan fingerprint density at radius 1 is 1.16 bits per heavy atom. The molecule has 98 valence electrons. The summed E-state index contributed by atoms with van der Waals surface area (Å²) in [4.78, 5) is 6.45. The number of aryl methyl sites for hydroxylation is 1. The van der Waals surface area contributed by atoms with Crippen LogP contribution in [-0.2, 0) is 13.0 Å². The number of hydrogen-bond donors (Lipinski definition) is 1. The number of fused-ring (bicyclic) bond motifs is 1. The molecule has 1 aromatic heterocycles. The first-order valence-corrected chi connectivity index (χ1v) is 7.25. The number of halogens is 1. The zero-order valence-corrected chi connectivity index (χ0v) is 12.2. The van der Waals surface area contributed by atoms with E-state index in [0.29, 0.717) is 0 Å². The number of aromatic nitrogens is 1. The quantitative estimate of drug-likeness (QED) is 0.876. The Kier molecular flexibility index (Phi) is 3.42. The highest BCUT2D eigenvalue weighted by Crippen LogP contribution is 2.34. The molecule has 0 saturated heterocycles. The molecule has 0 amide bonds. The molecule has 0 saturated carbocycles. The molecule has 4 heteroatoms. The molecule has 0 bridgehead atoms. The van der Waals surface area contributed by atoms with Gasteiger partial charge in [-0.15, -0.1) is 0 Å². The van der Waals surface area contributed by atoms with Gasteiger partial charge in [0, 0.05) is 19.3 Å². The molecule has 0 unspecified atom stereocenters. The van der Waals surface area contributed by atoms with Gasteiger partial charge in [-0.1, -0.05) is 24.3 Å². The van der Waals surface area contributed by atoms with Gasteiger partial charge in [0.15, 0.2) is 0 Å². The Balaban J connectivity index is 1.99. The van der Waals surface area contributed by atoms with Gasteiger partial charge in [0.25, 0.3) is 0 Å². The molecule has 0 aliphatic carbocycles. The summed E-state index contributed by atoms with van der Waals surface area (Å²) in [6.45, 7) is 1.92. The molecule has 1 aromatic carbocycles. The van der Waals surface area contributed by atoms with Crippen molar-refractivity contribution < 1.29 is 0 Å². The summed E-state index contributed by atoms with van der Waals surface area (Å²) >= 11 is 3.56. The van der Waals surface area contributed by atoms with Crippen LogP contribution in [0.5, 0.6) is 0 Å². The van der Waals surface area contributed by atoms with Crippen LogP contribution in [0.1, 0.15) is 17.5 Å². The highest BCUT2D eigenvalue weighted by Gasteiger charge is 2.18. The van der Waals surface area contributed by atoms with Crippen molar-refractivity contribution in [3.8, 4) is 0 Å². The second kappa shape index (κ2) is 5.21. The van der Waals surface area contributed by atoms with E-state index in [9.17, 15) is 0 Å². The minimum Gasteiger partial charge on any atom is -0.396 e. The largest absolute Gasteiger partial charge is 0.396 e. The fourth-order valence-electron chi connectivity index (χ4n) is 2.67. The van der Waals surface area contributed by atoms with Crippen LogP contribution in [-0.4, -0.2) is 11.5 Å². The number of nitrogens with zero attached hydrogens (tertiary/aromatic N) is 2. The van der Waals surface area contributed by atoms with Crippen LogP contribution in [0.25, 0.3) is 0 Å². The van der Waals surface area contributed by atoms with Gasteiger partial charge in [-0.05, 0) is 39.9 Å². The maximum atomic E-state index is 6.09. The molecule has 2 N–H and O–H groups in total. The van der Waals surface area contributed by atoms with E-state index in [-0.39, 0.29) is 0 Å². The summed E-state index contributed by atoms with van der Waals surface area (Å²) in [6, 6.07) is 8.65. The molecule has 3 nitrogen and oxygen atoms in total. The van der Waals surface area contributed by atoms with Crippen molar-refractivity contribution in [3.05, 3.63) is 52.3 Å². The number of nitrogen functional groups attached to an aromatic ring is 1. The van der Waals surface area contributed by atoms with Crippen LogP contribution in [0.2, 0.25) is 0 Å². The normalized spacial score (nSPS) is 14.9. The van der Waals surface area contributed by atoms with Gasteiger partial charge < -0.3 is 10.6 Å². The van der Waals surface area contributed by atoms with Crippen LogP contribution >= 0.6 is 15.9 Å². The Morgan fingerprint density at radius 3 is 2.74 bits per heavy atom. The highest BCUT2D eigenvalue weighted by atomic mass is 79.9. The van der Waals surface area contributed by atoms with E-state index in [0.717, 1.165) is 41.8 Å². The van der Waals surface area contributed by atoms with Gasteiger partial charge in [-0.2, -0.15) is 0 Å². The van der Waals surface area contributed by atoms with Crippen LogP contribution in [0.15, 0.2) is 41.1 Å². The number of pyridine rings is 1. The van der Waals surface area contributed by atoms with Gasteiger partial charge in [0.2, 0.25) is 0 Å².